The summed E-state index contributed by atoms with van der Waals surface area (Å²) in [6.45, 7) is 2.96. The molecule has 0 saturated carbocycles. The van der Waals surface area contributed by atoms with Gasteiger partial charge in [0.2, 0.25) is 0 Å². The van der Waals surface area contributed by atoms with Gasteiger partial charge in [-0.3, -0.25) is 4.68 Å². The minimum atomic E-state index is -0.327. The van der Waals surface area contributed by atoms with Crippen molar-refractivity contribution in [3.8, 4) is 0 Å². The summed E-state index contributed by atoms with van der Waals surface area (Å²) in [4.78, 5) is 11.8. The molecule has 5 nitrogen and oxygen atoms in total. The summed E-state index contributed by atoms with van der Waals surface area (Å²) in [7, 11) is 0. The smallest absolute Gasteiger partial charge is 0.319 e. The molecule has 1 aromatic carbocycles. The van der Waals surface area contributed by atoms with Crippen molar-refractivity contribution < 1.29 is 4.79 Å². The van der Waals surface area contributed by atoms with Gasteiger partial charge < -0.3 is 10.6 Å². The number of anilines is 1. The van der Waals surface area contributed by atoms with E-state index < -0.39 is 0 Å². The van der Waals surface area contributed by atoms with Crippen LogP contribution in [0, 0.1) is 0 Å². The van der Waals surface area contributed by atoms with Gasteiger partial charge in [-0.05, 0) is 25.1 Å². The van der Waals surface area contributed by atoms with Crippen LogP contribution in [-0.2, 0) is 13.1 Å². The second kappa shape index (κ2) is 6.63. The quantitative estimate of drug-likeness (QED) is 0.907. The normalized spacial score (nSPS) is 10.3. The molecule has 0 aliphatic rings. The lowest BCUT2D eigenvalue weighted by atomic mass is 10.3. The molecule has 0 saturated heterocycles. The first-order chi connectivity index (χ1) is 9.60. The number of hydrogen-bond donors (Lipinski definition) is 2. The summed E-state index contributed by atoms with van der Waals surface area (Å²) < 4.78 is 1.74. The van der Waals surface area contributed by atoms with Gasteiger partial charge in [-0.15, -0.1) is 0 Å². The van der Waals surface area contributed by atoms with Crippen LogP contribution in [0.3, 0.4) is 0 Å². The number of carbonyl (C=O) groups is 1. The third-order valence-corrected chi connectivity index (χ3v) is 3.25. The highest BCUT2D eigenvalue weighted by atomic mass is 35.5. The molecule has 106 valence electrons. The van der Waals surface area contributed by atoms with E-state index in [1.807, 2.05) is 6.92 Å². The first kappa shape index (κ1) is 14.7. The van der Waals surface area contributed by atoms with Crippen molar-refractivity contribution in [3.63, 3.8) is 0 Å². The number of hydrogen-bond acceptors (Lipinski definition) is 2. The summed E-state index contributed by atoms with van der Waals surface area (Å²) in [5, 5.41) is 10.6. The van der Waals surface area contributed by atoms with E-state index in [0.717, 1.165) is 5.69 Å². The summed E-state index contributed by atoms with van der Waals surface area (Å²) in [6.07, 6.45) is 1.57. The Kier molecular flexibility index (Phi) is 4.87. The monoisotopic (exact) mass is 312 g/mol. The van der Waals surface area contributed by atoms with Crippen molar-refractivity contribution >= 4 is 34.9 Å². The lowest BCUT2D eigenvalue weighted by Crippen LogP contribution is -2.29. The number of halogens is 2. The molecular formula is C13H14Cl2N4O. The molecule has 2 rings (SSSR count). The molecule has 0 fully saturated rings. The van der Waals surface area contributed by atoms with Gasteiger partial charge in [0.15, 0.2) is 0 Å². The lowest BCUT2D eigenvalue weighted by molar-refractivity contribution is 0.251. The van der Waals surface area contributed by atoms with Crippen molar-refractivity contribution in [3.05, 3.63) is 46.2 Å². The van der Waals surface area contributed by atoms with Gasteiger partial charge >= 0.3 is 6.03 Å². The molecule has 0 atom stereocenters. The molecule has 1 heterocycles. The Bertz CT molecular complexity index is 612. The molecule has 0 aliphatic carbocycles. The zero-order valence-corrected chi connectivity index (χ0v) is 12.4. The van der Waals surface area contributed by atoms with Gasteiger partial charge in [0.25, 0.3) is 0 Å². The molecule has 0 unspecified atom stereocenters. The Labute approximate surface area is 126 Å². The molecule has 1 aromatic heterocycles. The average Bonchev–Trinajstić information content (AvgIpc) is 2.77. The molecule has 2 aromatic rings. The van der Waals surface area contributed by atoms with Crippen molar-refractivity contribution in [2.45, 2.75) is 20.0 Å². The average molecular weight is 313 g/mol. The Morgan fingerprint density at radius 3 is 2.90 bits per heavy atom. The maximum absolute atomic E-state index is 11.8. The van der Waals surface area contributed by atoms with E-state index in [0.29, 0.717) is 28.8 Å². The standard InChI is InChI=1S/C13H14Cl2N4O/c1-2-19-12(11(15)7-17-19)8-16-13(20)18-10-5-3-4-9(14)6-10/h3-7H,2,8H2,1H3,(H2,16,18,20). The molecular weight excluding hydrogens is 299 g/mol. The largest absolute Gasteiger partial charge is 0.332 e. The van der Waals surface area contributed by atoms with Gasteiger partial charge in [-0.25, -0.2) is 4.79 Å². The zero-order valence-electron chi connectivity index (χ0n) is 10.9. The van der Waals surface area contributed by atoms with Crippen LogP contribution in [0.4, 0.5) is 10.5 Å². The van der Waals surface area contributed by atoms with Crippen molar-refractivity contribution in [1.82, 2.24) is 15.1 Å². The fourth-order valence-corrected chi connectivity index (χ4v) is 2.14. The number of aryl methyl sites for hydroxylation is 1. The van der Waals surface area contributed by atoms with Crippen LogP contribution in [0.2, 0.25) is 10.0 Å². The van der Waals surface area contributed by atoms with Crippen molar-refractivity contribution in [2.75, 3.05) is 5.32 Å². The van der Waals surface area contributed by atoms with Crippen LogP contribution in [0.5, 0.6) is 0 Å². The summed E-state index contributed by atoms with van der Waals surface area (Å²) in [6, 6.07) is 6.61. The number of benzene rings is 1. The van der Waals surface area contributed by atoms with Gasteiger partial charge in [-0.1, -0.05) is 29.3 Å². The highest BCUT2D eigenvalue weighted by Gasteiger charge is 2.09. The number of aromatic nitrogens is 2. The number of nitrogens with one attached hydrogen (secondary N) is 2. The Hall–Kier alpha value is -1.72. The van der Waals surface area contributed by atoms with E-state index in [1.165, 1.54) is 0 Å². The minimum absolute atomic E-state index is 0.305. The summed E-state index contributed by atoms with van der Waals surface area (Å²) >= 11 is 11.9. The molecule has 7 heteroatoms. The number of rotatable bonds is 4. The first-order valence-electron chi connectivity index (χ1n) is 6.10. The fourth-order valence-electron chi connectivity index (χ4n) is 1.74. The third kappa shape index (κ3) is 3.65. The van der Waals surface area contributed by atoms with Gasteiger partial charge in [0, 0.05) is 17.3 Å². The highest BCUT2D eigenvalue weighted by molar-refractivity contribution is 6.31. The van der Waals surface area contributed by atoms with Crippen LogP contribution in [0.15, 0.2) is 30.5 Å². The maximum atomic E-state index is 11.8. The number of nitrogens with zero attached hydrogens (tertiary/aromatic N) is 2. The number of carbonyl (C=O) groups excluding carboxylic acids is 1. The van der Waals surface area contributed by atoms with Gasteiger partial charge in [0.1, 0.15) is 0 Å². The Morgan fingerprint density at radius 1 is 1.40 bits per heavy atom. The molecule has 20 heavy (non-hydrogen) atoms. The van der Waals surface area contributed by atoms with E-state index in [4.69, 9.17) is 23.2 Å². The first-order valence-corrected chi connectivity index (χ1v) is 6.86. The molecule has 2 N–H and O–H groups in total. The summed E-state index contributed by atoms with van der Waals surface area (Å²) in [5.74, 6) is 0. The molecule has 2 amide bonds. The maximum Gasteiger partial charge on any atom is 0.319 e. The molecule has 0 aliphatic heterocycles. The SMILES string of the molecule is CCn1ncc(Cl)c1CNC(=O)Nc1cccc(Cl)c1. The Balaban J connectivity index is 1.94. The van der Waals surface area contributed by atoms with Crippen molar-refractivity contribution in [1.29, 1.82) is 0 Å². The minimum Gasteiger partial charge on any atom is -0.332 e. The Morgan fingerprint density at radius 2 is 2.20 bits per heavy atom. The second-order valence-corrected chi connectivity index (χ2v) is 4.92. The molecule has 0 radical (unpaired) electrons. The van der Waals surface area contributed by atoms with Gasteiger partial charge in [-0.2, -0.15) is 5.10 Å². The number of urea groups is 1. The van der Waals surface area contributed by atoms with E-state index in [-0.39, 0.29) is 6.03 Å². The van der Waals surface area contributed by atoms with Crippen LogP contribution >= 0.6 is 23.2 Å². The zero-order chi connectivity index (χ0) is 14.5. The van der Waals surface area contributed by atoms with Crippen molar-refractivity contribution in [2.24, 2.45) is 0 Å². The third-order valence-electron chi connectivity index (χ3n) is 2.70. The van der Waals surface area contributed by atoms with Crippen LogP contribution < -0.4 is 10.6 Å². The van der Waals surface area contributed by atoms with Gasteiger partial charge in [0.05, 0.1) is 23.5 Å². The number of amides is 2. The van der Waals surface area contributed by atoms with Crippen LogP contribution in [0.25, 0.3) is 0 Å². The fraction of sp³-hybridized carbons (Fsp3) is 0.231. The topological polar surface area (TPSA) is 59.0 Å². The molecule has 0 spiro atoms. The second-order valence-electron chi connectivity index (χ2n) is 4.07. The van der Waals surface area contributed by atoms with E-state index >= 15 is 0 Å². The van der Waals surface area contributed by atoms with E-state index in [1.54, 1.807) is 35.1 Å². The summed E-state index contributed by atoms with van der Waals surface area (Å²) in [5.41, 5.74) is 1.40. The predicted octanol–water partition coefficient (Wildman–Crippen LogP) is 3.53. The predicted molar refractivity (Wildman–Crippen MR) is 80.2 cm³/mol. The molecule has 0 bridgehead atoms. The van der Waals surface area contributed by atoms with E-state index in [9.17, 15) is 4.79 Å². The lowest BCUT2D eigenvalue weighted by Gasteiger charge is -2.09. The highest BCUT2D eigenvalue weighted by Crippen LogP contribution is 2.16. The van der Waals surface area contributed by atoms with E-state index in [2.05, 4.69) is 15.7 Å². The van der Waals surface area contributed by atoms with Crippen LogP contribution in [-0.4, -0.2) is 15.8 Å². The van der Waals surface area contributed by atoms with Crippen LogP contribution in [0.1, 0.15) is 12.6 Å².